The fourth-order valence-corrected chi connectivity index (χ4v) is 1.84. The maximum atomic E-state index is 3.51. The zero-order valence-electron chi connectivity index (χ0n) is 7.90. The molecule has 0 nitrogen and oxygen atoms in total. The van der Waals surface area contributed by atoms with Crippen molar-refractivity contribution < 1.29 is 14.7 Å². The van der Waals surface area contributed by atoms with E-state index in [4.69, 9.17) is 0 Å². The van der Waals surface area contributed by atoms with Crippen LogP contribution in [-0.2, 0) is 14.7 Å². The van der Waals surface area contributed by atoms with Gasteiger partial charge in [-0.3, -0.25) is 0 Å². The Kier molecular flexibility index (Phi) is 7.01. The first-order chi connectivity index (χ1) is 7.00. The fourth-order valence-electron chi connectivity index (χ4n) is 1.35. The molecule has 0 fully saturated rings. The van der Waals surface area contributed by atoms with E-state index >= 15 is 0 Å². The van der Waals surface area contributed by atoms with Crippen molar-refractivity contribution >= 4 is 63.4 Å². The number of fused-ring (bicyclic) bond motifs is 1. The molecule has 0 amide bonds. The van der Waals surface area contributed by atoms with E-state index < -0.39 is 14.7 Å². The Balaban J connectivity index is 0.000000245. The molecular weight excluding hydrogens is 531 g/mol. The van der Waals surface area contributed by atoms with Crippen molar-refractivity contribution in [3.8, 4) is 0 Å². The van der Waals surface area contributed by atoms with Crippen molar-refractivity contribution in [3.63, 3.8) is 0 Å². The summed E-state index contributed by atoms with van der Waals surface area (Å²) >= 11 is 12.3. The van der Waals surface area contributed by atoms with Gasteiger partial charge in [-0.2, -0.15) is 6.07 Å². The molecule has 15 heavy (non-hydrogen) atoms. The van der Waals surface area contributed by atoms with Crippen LogP contribution in [0.2, 0.25) is 0 Å². The average molecular weight is 539 g/mol. The number of hydrogen-bond donors (Lipinski definition) is 0. The van der Waals surface area contributed by atoms with Gasteiger partial charge in [-0.15, -0.1) is 34.5 Å². The number of rotatable bonds is 0. The van der Waals surface area contributed by atoms with Gasteiger partial charge < -0.3 is 0 Å². The van der Waals surface area contributed by atoms with Crippen LogP contribution in [0.3, 0.4) is 0 Å². The van der Waals surface area contributed by atoms with E-state index in [9.17, 15) is 0 Å². The fraction of sp³-hybridized carbons (Fsp3) is 0.100. The first-order valence-corrected chi connectivity index (χ1v) is 21.8. The first-order valence-electron chi connectivity index (χ1n) is 4.15. The standard InChI is InChI=1S/C10H8Br.3BrH.Zr/c1-7-5-8-3-2-4-10(11)9(8)6-7;;;;/h2-6H,1H3;3*1H;/q-1;;;;+3/p-3. The quantitative estimate of drug-likeness (QED) is 0.352. The topological polar surface area (TPSA) is 0 Å². The Morgan fingerprint density at radius 3 is 2.33 bits per heavy atom. The van der Waals surface area contributed by atoms with Gasteiger partial charge >= 0.3 is 51.4 Å². The molecule has 0 N–H and O–H groups in total. The second-order valence-electron chi connectivity index (χ2n) is 2.99. The first kappa shape index (κ1) is 14.7. The van der Waals surface area contributed by atoms with E-state index in [-0.39, 0.29) is 0 Å². The third-order valence-electron chi connectivity index (χ3n) is 1.84. The zero-order chi connectivity index (χ0) is 11.4. The normalized spacial score (nSPS) is 9.67. The summed E-state index contributed by atoms with van der Waals surface area (Å²) in [7, 11) is 0. The van der Waals surface area contributed by atoms with Crippen molar-refractivity contribution in [2.75, 3.05) is 0 Å². The summed E-state index contributed by atoms with van der Waals surface area (Å²) in [4.78, 5) is 0. The van der Waals surface area contributed by atoms with Gasteiger partial charge in [0.05, 0.1) is 0 Å². The predicted octanol–water partition coefficient (Wildman–Crippen LogP) is 6.16. The Morgan fingerprint density at radius 1 is 1.20 bits per heavy atom. The third-order valence-corrected chi connectivity index (χ3v) is 2.53. The predicted molar refractivity (Wildman–Crippen MR) is 78.8 cm³/mol. The van der Waals surface area contributed by atoms with Gasteiger partial charge in [0.1, 0.15) is 0 Å². The Labute approximate surface area is 123 Å². The van der Waals surface area contributed by atoms with Crippen molar-refractivity contribution in [2.24, 2.45) is 0 Å². The van der Waals surface area contributed by atoms with Gasteiger partial charge in [0.25, 0.3) is 0 Å². The summed E-state index contributed by atoms with van der Waals surface area (Å²) in [5, 5.41) is 2.63. The Hall–Kier alpha value is 1.63. The minimum atomic E-state index is -1.11. The van der Waals surface area contributed by atoms with Crippen LogP contribution in [0, 0.1) is 6.92 Å². The van der Waals surface area contributed by atoms with Gasteiger partial charge in [-0.25, -0.2) is 0 Å². The van der Waals surface area contributed by atoms with E-state index in [0.717, 1.165) is 0 Å². The molecule has 0 unspecified atom stereocenters. The summed E-state index contributed by atoms with van der Waals surface area (Å²) in [5.41, 5.74) is 1.33. The van der Waals surface area contributed by atoms with E-state index in [1.54, 1.807) is 0 Å². The van der Waals surface area contributed by atoms with E-state index in [2.05, 4.69) is 89.8 Å². The number of halogens is 4. The molecule has 2 aromatic rings. The van der Waals surface area contributed by atoms with E-state index in [1.165, 1.54) is 20.8 Å². The summed E-state index contributed by atoms with van der Waals surface area (Å²) in [6.45, 7) is 2.12. The molecule has 2 aromatic carbocycles. The van der Waals surface area contributed by atoms with Gasteiger partial charge in [0, 0.05) is 0 Å². The second-order valence-corrected chi connectivity index (χ2v) is 37.9. The molecule has 5 heteroatoms. The molecule has 0 bridgehead atoms. The summed E-state index contributed by atoms with van der Waals surface area (Å²) in [6, 6.07) is 10.7. The molecule has 0 aliphatic rings. The summed E-state index contributed by atoms with van der Waals surface area (Å²) in [6.07, 6.45) is 0. The van der Waals surface area contributed by atoms with Crippen molar-refractivity contribution in [2.45, 2.75) is 6.92 Å². The molecule has 0 aliphatic carbocycles. The SMILES string of the molecule is Cc1cc2c(Br)cccc2[cH-]1.[Br][Zr]([Br])[Br]. The molecule has 81 valence electrons. The van der Waals surface area contributed by atoms with Crippen molar-refractivity contribution in [1.29, 1.82) is 0 Å². The van der Waals surface area contributed by atoms with Crippen LogP contribution in [0.4, 0.5) is 0 Å². The zero-order valence-corrected chi connectivity index (χ0v) is 16.7. The summed E-state index contributed by atoms with van der Waals surface area (Å²) in [5.74, 6) is 0. The average Bonchev–Trinajstić information content (AvgIpc) is 2.46. The Bertz CT molecular complexity index is 433. The molecular formula is C10H8Br4Zr-. The molecule has 0 radical (unpaired) electrons. The van der Waals surface area contributed by atoms with Gasteiger partial charge in [-0.05, 0) is 4.47 Å². The molecule has 0 saturated carbocycles. The van der Waals surface area contributed by atoms with E-state index in [0.29, 0.717) is 0 Å². The minimum absolute atomic E-state index is 1.11. The monoisotopic (exact) mass is 534 g/mol. The third kappa shape index (κ3) is 5.20. The summed E-state index contributed by atoms with van der Waals surface area (Å²) < 4.78 is 1.18. The second kappa shape index (κ2) is 7.15. The van der Waals surface area contributed by atoms with Crippen molar-refractivity contribution in [1.82, 2.24) is 0 Å². The van der Waals surface area contributed by atoms with Crippen LogP contribution in [0.5, 0.6) is 0 Å². The molecule has 0 saturated heterocycles. The van der Waals surface area contributed by atoms with Crippen LogP contribution >= 0.6 is 52.6 Å². The van der Waals surface area contributed by atoms with Crippen LogP contribution in [-0.4, -0.2) is 0 Å². The Morgan fingerprint density at radius 2 is 1.80 bits per heavy atom. The van der Waals surface area contributed by atoms with Crippen molar-refractivity contribution in [3.05, 3.63) is 40.4 Å². The van der Waals surface area contributed by atoms with Gasteiger partial charge in [0.2, 0.25) is 0 Å². The molecule has 0 heterocycles. The number of benzene rings is 1. The number of aryl methyl sites for hydroxylation is 1. The molecule has 0 spiro atoms. The molecule has 2 rings (SSSR count). The van der Waals surface area contributed by atoms with Gasteiger partial charge in [-0.1, -0.05) is 28.9 Å². The van der Waals surface area contributed by atoms with E-state index in [1.807, 2.05) is 0 Å². The van der Waals surface area contributed by atoms with Crippen LogP contribution < -0.4 is 0 Å². The van der Waals surface area contributed by atoms with Crippen LogP contribution in [0.25, 0.3) is 10.8 Å². The van der Waals surface area contributed by atoms with Crippen LogP contribution in [0.15, 0.2) is 34.8 Å². The number of hydrogen-bond acceptors (Lipinski definition) is 0. The molecule has 0 aromatic heterocycles. The molecule has 0 aliphatic heterocycles. The maximum absolute atomic E-state index is 3.51. The molecule has 0 atom stereocenters. The van der Waals surface area contributed by atoms with Gasteiger partial charge in [0.15, 0.2) is 0 Å². The van der Waals surface area contributed by atoms with Crippen LogP contribution in [0.1, 0.15) is 5.56 Å².